The molecule has 0 saturated heterocycles. The summed E-state index contributed by atoms with van der Waals surface area (Å²) in [4.78, 5) is 24.3. The maximum atomic E-state index is 12.3. The van der Waals surface area contributed by atoms with E-state index in [2.05, 4.69) is 40.8 Å². The number of rotatable bonds is 6. The van der Waals surface area contributed by atoms with Gasteiger partial charge in [0.1, 0.15) is 11.7 Å². The summed E-state index contributed by atoms with van der Waals surface area (Å²) in [6.07, 6.45) is 3.11. The van der Waals surface area contributed by atoms with Crippen LogP contribution < -0.4 is 0 Å². The van der Waals surface area contributed by atoms with Crippen molar-refractivity contribution in [3.63, 3.8) is 0 Å². The lowest BCUT2D eigenvalue weighted by molar-refractivity contribution is -0.150. The van der Waals surface area contributed by atoms with Crippen LogP contribution in [0.3, 0.4) is 0 Å². The Labute approximate surface area is 136 Å². The van der Waals surface area contributed by atoms with E-state index in [9.17, 15) is 9.59 Å². The van der Waals surface area contributed by atoms with E-state index in [1.807, 2.05) is 0 Å². The van der Waals surface area contributed by atoms with Crippen LogP contribution in [-0.2, 0) is 18.8 Å². The van der Waals surface area contributed by atoms with Crippen LogP contribution in [-0.4, -0.2) is 33.3 Å². The smallest absolute Gasteiger partial charge is 0.316 e. The monoisotopic (exact) mass is 328 g/mol. The van der Waals surface area contributed by atoms with E-state index < -0.39 is 20.2 Å². The Morgan fingerprint density at radius 1 is 1.32 bits per heavy atom. The van der Waals surface area contributed by atoms with Crippen molar-refractivity contribution >= 4 is 20.1 Å². The zero-order valence-corrected chi connectivity index (χ0v) is 16.2. The van der Waals surface area contributed by atoms with Crippen LogP contribution in [0.2, 0.25) is 18.1 Å². The molecule has 0 aliphatic heterocycles. The fraction of sp³-hybridized carbons (Fsp3) is 0.882. The standard InChI is InChI=1S/C17H32O4Si/c1-8-9-10-12-14(21-22(6,7)17(2,3)4)11-13(18)15(12)16(19)20-5/h12,14-15H,8-11H2,1-7H3/t12-,14-,15+/m0/s1. The largest absolute Gasteiger partial charge is 0.468 e. The quantitative estimate of drug-likeness (QED) is 0.421. The highest BCUT2D eigenvalue weighted by Gasteiger charge is 2.50. The van der Waals surface area contributed by atoms with Crippen LogP contribution >= 0.6 is 0 Å². The minimum absolute atomic E-state index is 0.0170. The van der Waals surface area contributed by atoms with Gasteiger partial charge in [0.05, 0.1) is 13.2 Å². The van der Waals surface area contributed by atoms with Gasteiger partial charge in [-0.2, -0.15) is 0 Å². The lowest BCUT2D eigenvalue weighted by Gasteiger charge is -2.40. The summed E-state index contributed by atoms with van der Waals surface area (Å²) < 4.78 is 11.3. The first kappa shape index (κ1) is 19.4. The molecule has 0 unspecified atom stereocenters. The van der Waals surface area contributed by atoms with Gasteiger partial charge in [-0.15, -0.1) is 0 Å². The first-order chi connectivity index (χ1) is 10.0. The molecule has 128 valence electrons. The molecule has 0 N–H and O–H groups in total. The highest BCUT2D eigenvalue weighted by molar-refractivity contribution is 6.74. The van der Waals surface area contributed by atoms with Gasteiger partial charge in [0.25, 0.3) is 0 Å². The molecule has 0 bridgehead atoms. The molecule has 1 aliphatic rings. The van der Waals surface area contributed by atoms with Crippen molar-refractivity contribution in [3.8, 4) is 0 Å². The molecular weight excluding hydrogens is 296 g/mol. The van der Waals surface area contributed by atoms with Crippen LogP contribution in [0.4, 0.5) is 0 Å². The number of hydrogen-bond donors (Lipinski definition) is 0. The molecule has 1 aliphatic carbocycles. The molecule has 4 nitrogen and oxygen atoms in total. The van der Waals surface area contributed by atoms with Crippen molar-refractivity contribution < 1.29 is 18.8 Å². The molecule has 0 spiro atoms. The predicted octanol–water partition coefficient (Wildman–Crippen LogP) is 3.95. The summed E-state index contributed by atoms with van der Waals surface area (Å²) in [6, 6.07) is 0. The maximum absolute atomic E-state index is 12.3. The molecule has 1 fully saturated rings. The van der Waals surface area contributed by atoms with Gasteiger partial charge in [-0.25, -0.2) is 0 Å². The lowest BCUT2D eigenvalue weighted by Crippen LogP contribution is -2.45. The Morgan fingerprint density at radius 3 is 2.36 bits per heavy atom. The Bertz CT molecular complexity index is 411. The molecule has 0 heterocycles. The topological polar surface area (TPSA) is 52.6 Å². The number of unbranched alkanes of at least 4 members (excludes halogenated alkanes) is 1. The Morgan fingerprint density at radius 2 is 1.91 bits per heavy atom. The first-order valence-corrected chi connectivity index (χ1v) is 11.2. The molecule has 1 saturated carbocycles. The summed E-state index contributed by atoms with van der Waals surface area (Å²) in [6.45, 7) is 13.1. The van der Waals surface area contributed by atoms with E-state index in [1.54, 1.807) is 0 Å². The third-order valence-corrected chi connectivity index (χ3v) is 9.76. The number of hydrogen-bond acceptors (Lipinski definition) is 4. The Hall–Kier alpha value is -0.683. The van der Waals surface area contributed by atoms with Crippen LogP contribution in [0, 0.1) is 11.8 Å². The molecule has 22 heavy (non-hydrogen) atoms. The second-order valence-electron chi connectivity index (χ2n) is 7.89. The molecule has 0 aromatic carbocycles. The molecule has 0 aromatic rings. The van der Waals surface area contributed by atoms with Crippen molar-refractivity contribution in [2.45, 2.75) is 77.6 Å². The van der Waals surface area contributed by atoms with Crippen LogP contribution in [0.25, 0.3) is 0 Å². The van der Waals surface area contributed by atoms with E-state index in [0.717, 1.165) is 19.3 Å². The number of ether oxygens (including phenoxy) is 1. The zero-order valence-electron chi connectivity index (χ0n) is 15.2. The van der Waals surface area contributed by atoms with Crippen molar-refractivity contribution in [2.75, 3.05) is 7.11 Å². The average molecular weight is 329 g/mol. The summed E-state index contributed by atoms with van der Waals surface area (Å²) >= 11 is 0. The Balaban J connectivity index is 2.97. The lowest BCUT2D eigenvalue weighted by atomic mass is 9.89. The first-order valence-electron chi connectivity index (χ1n) is 8.33. The van der Waals surface area contributed by atoms with Gasteiger partial charge >= 0.3 is 5.97 Å². The van der Waals surface area contributed by atoms with Gasteiger partial charge in [-0.3, -0.25) is 9.59 Å². The van der Waals surface area contributed by atoms with Gasteiger partial charge < -0.3 is 9.16 Å². The van der Waals surface area contributed by atoms with Gasteiger partial charge in [0, 0.05) is 12.3 Å². The van der Waals surface area contributed by atoms with E-state index >= 15 is 0 Å². The van der Waals surface area contributed by atoms with Crippen LogP contribution in [0.5, 0.6) is 0 Å². The number of carbonyl (C=O) groups excluding carboxylic acids is 2. The normalized spacial score (nSPS) is 26.3. The summed E-state index contributed by atoms with van der Waals surface area (Å²) in [5.41, 5.74) is 0. The molecule has 5 heteroatoms. The second kappa shape index (κ2) is 7.26. The number of ketones is 1. The van der Waals surface area contributed by atoms with Gasteiger partial charge in [0.2, 0.25) is 0 Å². The van der Waals surface area contributed by atoms with Gasteiger partial charge in [-0.05, 0) is 24.6 Å². The second-order valence-corrected chi connectivity index (χ2v) is 12.7. The fourth-order valence-electron chi connectivity index (χ4n) is 2.84. The highest BCUT2D eigenvalue weighted by atomic mass is 28.4. The number of esters is 1. The Kier molecular flexibility index (Phi) is 6.39. The van der Waals surface area contributed by atoms with Crippen LogP contribution in [0.15, 0.2) is 0 Å². The van der Waals surface area contributed by atoms with E-state index in [-0.39, 0.29) is 22.8 Å². The number of carbonyl (C=O) groups is 2. The minimum Gasteiger partial charge on any atom is -0.468 e. The van der Waals surface area contributed by atoms with E-state index in [0.29, 0.717) is 6.42 Å². The van der Waals surface area contributed by atoms with Gasteiger partial charge in [-0.1, -0.05) is 40.5 Å². The number of methoxy groups -OCH3 is 1. The zero-order chi connectivity index (χ0) is 17.1. The summed E-state index contributed by atoms with van der Waals surface area (Å²) in [7, 11) is -0.604. The van der Waals surface area contributed by atoms with E-state index in [4.69, 9.17) is 9.16 Å². The molecule has 0 aromatic heterocycles. The molecule has 3 atom stereocenters. The molecule has 1 rings (SSSR count). The molecule has 0 amide bonds. The molecular formula is C17H32O4Si. The summed E-state index contributed by atoms with van der Waals surface area (Å²) in [5.74, 6) is -1.08. The third kappa shape index (κ3) is 4.19. The van der Waals surface area contributed by atoms with Crippen molar-refractivity contribution in [2.24, 2.45) is 11.8 Å². The molecule has 0 radical (unpaired) electrons. The SMILES string of the molecule is CCCC[C@@H]1[C@@H](C(=O)OC)C(=O)C[C@@H]1O[Si](C)(C)C(C)(C)C. The minimum atomic E-state index is -1.96. The van der Waals surface area contributed by atoms with Crippen LogP contribution in [0.1, 0.15) is 53.4 Å². The van der Waals surface area contributed by atoms with E-state index in [1.165, 1.54) is 7.11 Å². The van der Waals surface area contributed by atoms with Crippen molar-refractivity contribution in [1.82, 2.24) is 0 Å². The predicted molar refractivity (Wildman–Crippen MR) is 90.2 cm³/mol. The third-order valence-electron chi connectivity index (χ3n) is 5.25. The highest BCUT2D eigenvalue weighted by Crippen LogP contribution is 2.43. The number of Topliss-reactive ketones (excluding diaryl/α,β-unsaturated/α-hetero) is 1. The van der Waals surface area contributed by atoms with Crippen molar-refractivity contribution in [3.05, 3.63) is 0 Å². The average Bonchev–Trinajstić information content (AvgIpc) is 2.69. The summed E-state index contributed by atoms with van der Waals surface area (Å²) in [5, 5.41) is 0.0920. The maximum Gasteiger partial charge on any atom is 0.316 e. The van der Waals surface area contributed by atoms with Crippen molar-refractivity contribution in [1.29, 1.82) is 0 Å². The van der Waals surface area contributed by atoms with Gasteiger partial charge in [0.15, 0.2) is 8.32 Å². The fourth-order valence-corrected chi connectivity index (χ4v) is 4.21.